The monoisotopic (exact) mass is 415 g/mol. The average molecular weight is 415 g/mol. The number of halogens is 1. The SMILES string of the molecule is NS(=O)(=O)c1ccc(Nc2ncc(F)c(N3CC4(CC4)Cn4nccc43)n2)cc1. The number of benzene rings is 1. The van der Waals surface area contributed by atoms with Crippen LogP contribution in [0.3, 0.4) is 0 Å². The molecule has 0 saturated heterocycles. The molecule has 3 N–H and O–H groups in total. The van der Waals surface area contributed by atoms with Crippen molar-refractivity contribution >= 4 is 33.3 Å². The van der Waals surface area contributed by atoms with Crippen LogP contribution in [0, 0.1) is 11.2 Å². The number of rotatable bonds is 4. The molecule has 11 heteroatoms. The molecule has 1 aliphatic heterocycles. The lowest BCUT2D eigenvalue weighted by Crippen LogP contribution is -2.37. The first-order valence-electron chi connectivity index (χ1n) is 9.05. The molecule has 1 aliphatic carbocycles. The molecule has 3 aromatic rings. The van der Waals surface area contributed by atoms with Gasteiger partial charge in [0, 0.05) is 23.7 Å². The summed E-state index contributed by atoms with van der Waals surface area (Å²) in [5.74, 6) is 0.650. The third-order valence-electron chi connectivity index (χ3n) is 5.33. The molecule has 1 aromatic carbocycles. The van der Waals surface area contributed by atoms with E-state index in [1.54, 1.807) is 18.3 Å². The second-order valence-corrected chi connectivity index (χ2v) is 9.05. The van der Waals surface area contributed by atoms with Gasteiger partial charge in [-0.3, -0.25) is 0 Å². The quantitative estimate of drug-likeness (QED) is 0.670. The zero-order valence-electron chi connectivity index (χ0n) is 15.3. The standard InChI is InChI=1S/C18H18FN7O2S/c19-14-9-21-17(23-12-1-3-13(4-2-12)29(20,27)28)24-16(14)25-10-18(6-7-18)11-26-15(25)5-8-22-26/h1-5,8-9H,6-7,10-11H2,(H2,20,27,28)(H,21,23,24). The summed E-state index contributed by atoms with van der Waals surface area (Å²) in [6.45, 7) is 1.51. The molecule has 150 valence electrons. The van der Waals surface area contributed by atoms with Gasteiger partial charge in [0.15, 0.2) is 11.6 Å². The van der Waals surface area contributed by atoms with Crippen LogP contribution in [-0.2, 0) is 16.6 Å². The normalized spacial score (nSPS) is 17.2. The maximum absolute atomic E-state index is 14.6. The van der Waals surface area contributed by atoms with E-state index in [1.807, 2.05) is 15.6 Å². The molecule has 0 unspecified atom stereocenters. The van der Waals surface area contributed by atoms with Crippen molar-refractivity contribution in [3.05, 3.63) is 48.5 Å². The zero-order valence-corrected chi connectivity index (χ0v) is 16.1. The van der Waals surface area contributed by atoms with E-state index < -0.39 is 15.8 Å². The Labute approximate surface area is 166 Å². The van der Waals surface area contributed by atoms with Gasteiger partial charge in [0.1, 0.15) is 5.82 Å². The maximum atomic E-state index is 14.6. The van der Waals surface area contributed by atoms with Gasteiger partial charge in [-0.05, 0) is 37.1 Å². The van der Waals surface area contributed by atoms with Crippen LogP contribution in [0.4, 0.5) is 27.7 Å². The van der Waals surface area contributed by atoms with Crippen molar-refractivity contribution in [3.8, 4) is 0 Å². The minimum Gasteiger partial charge on any atom is -0.324 e. The van der Waals surface area contributed by atoms with Gasteiger partial charge in [0.25, 0.3) is 0 Å². The Morgan fingerprint density at radius 2 is 1.90 bits per heavy atom. The number of sulfonamides is 1. The van der Waals surface area contributed by atoms with Gasteiger partial charge < -0.3 is 10.2 Å². The van der Waals surface area contributed by atoms with E-state index in [0.717, 1.165) is 31.4 Å². The number of nitrogens with two attached hydrogens (primary N) is 1. The van der Waals surface area contributed by atoms with E-state index in [0.29, 0.717) is 12.2 Å². The number of hydrogen-bond donors (Lipinski definition) is 2. The highest BCUT2D eigenvalue weighted by molar-refractivity contribution is 7.89. The van der Waals surface area contributed by atoms with Gasteiger partial charge in [-0.1, -0.05) is 0 Å². The third kappa shape index (κ3) is 3.32. The van der Waals surface area contributed by atoms with Gasteiger partial charge in [-0.25, -0.2) is 27.6 Å². The minimum absolute atomic E-state index is 0.0000682. The summed E-state index contributed by atoms with van der Waals surface area (Å²) in [5, 5.41) is 12.4. The summed E-state index contributed by atoms with van der Waals surface area (Å²) < 4.78 is 39.3. The van der Waals surface area contributed by atoms with Crippen LogP contribution in [-0.4, -0.2) is 34.7 Å². The Kier molecular flexibility index (Phi) is 3.87. The topological polar surface area (TPSA) is 119 Å². The van der Waals surface area contributed by atoms with Crippen molar-refractivity contribution in [2.45, 2.75) is 24.3 Å². The van der Waals surface area contributed by atoms with Crippen molar-refractivity contribution in [2.75, 3.05) is 16.8 Å². The Morgan fingerprint density at radius 3 is 2.59 bits per heavy atom. The first-order chi connectivity index (χ1) is 13.8. The second-order valence-electron chi connectivity index (χ2n) is 7.49. The Balaban J connectivity index is 1.46. The molecule has 0 bridgehead atoms. The number of primary sulfonamides is 1. The number of hydrogen-bond acceptors (Lipinski definition) is 7. The first-order valence-corrected chi connectivity index (χ1v) is 10.6. The van der Waals surface area contributed by atoms with Crippen molar-refractivity contribution in [1.82, 2.24) is 19.7 Å². The number of anilines is 4. The largest absolute Gasteiger partial charge is 0.324 e. The summed E-state index contributed by atoms with van der Waals surface area (Å²) >= 11 is 0. The van der Waals surface area contributed by atoms with Crippen molar-refractivity contribution in [2.24, 2.45) is 10.6 Å². The number of nitrogens with one attached hydrogen (secondary N) is 1. The van der Waals surface area contributed by atoms with Gasteiger partial charge >= 0.3 is 0 Å². The molecule has 1 fully saturated rings. The summed E-state index contributed by atoms with van der Waals surface area (Å²) in [7, 11) is -3.77. The van der Waals surface area contributed by atoms with Crippen molar-refractivity contribution < 1.29 is 12.8 Å². The summed E-state index contributed by atoms with van der Waals surface area (Å²) in [5.41, 5.74) is 0.672. The van der Waals surface area contributed by atoms with Crippen LogP contribution in [0.1, 0.15) is 12.8 Å². The van der Waals surface area contributed by atoms with Crippen LogP contribution >= 0.6 is 0 Å². The molecule has 2 aromatic heterocycles. The molecule has 29 heavy (non-hydrogen) atoms. The lowest BCUT2D eigenvalue weighted by molar-refractivity contribution is 0.372. The maximum Gasteiger partial charge on any atom is 0.238 e. The Hall–Kier alpha value is -3.05. The smallest absolute Gasteiger partial charge is 0.238 e. The van der Waals surface area contributed by atoms with E-state index in [-0.39, 0.29) is 22.1 Å². The first kappa shape index (κ1) is 18.0. The van der Waals surface area contributed by atoms with Gasteiger partial charge in [0.05, 0.1) is 23.8 Å². The molecule has 3 heterocycles. The predicted molar refractivity (Wildman–Crippen MR) is 104 cm³/mol. The van der Waals surface area contributed by atoms with Crippen molar-refractivity contribution in [1.29, 1.82) is 0 Å². The fraction of sp³-hybridized carbons (Fsp3) is 0.278. The molecule has 0 radical (unpaired) electrons. The van der Waals surface area contributed by atoms with Crippen LogP contribution in [0.2, 0.25) is 0 Å². The molecule has 9 nitrogen and oxygen atoms in total. The molecule has 1 spiro atoms. The predicted octanol–water partition coefficient (Wildman–Crippen LogP) is 2.14. The Bertz CT molecular complexity index is 1190. The van der Waals surface area contributed by atoms with E-state index in [2.05, 4.69) is 20.4 Å². The summed E-state index contributed by atoms with van der Waals surface area (Å²) in [6.07, 6.45) is 4.99. The highest BCUT2D eigenvalue weighted by atomic mass is 32.2. The number of aromatic nitrogens is 4. The highest BCUT2D eigenvalue weighted by Crippen LogP contribution is 2.52. The number of fused-ring (bicyclic) bond motifs is 1. The fourth-order valence-corrected chi connectivity index (χ4v) is 4.12. The number of nitrogens with zero attached hydrogens (tertiary/aromatic N) is 5. The van der Waals surface area contributed by atoms with E-state index in [9.17, 15) is 12.8 Å². The van der Waals surface area contributed by atoms with Crippen LogP contribution in [0.5, 0.6) is 0 Å². The van der Waals surface area contributed by atoms with Gasteiger partial charge in [-0.15, -0.1) is 0 Å². The lowest BCUT2D eigenvalue weighted by Gasteiger charge is -2.34. The van der Waals surface area contributed by atoms with Crippen LogP contribution in [0.25, 0.3) is 0 Å². The third-order valence-corrected chi connectivity index (χ3v) is 6.26. The van der Waals surface area contributed by atoms with E-state index >= 15 is 0 Å². The molecule has 0 amide bonds. The molecule has 1 saturated carbocycles. The molecule has 2 aliphatic rings. The molecular weight excluding hydrogens is 397 g/mol. The van der Waals surface area contributed by atoms with E-state index in [4.69, 9.17) is 5.14 Å². The fourth-order valence-electron chi connectivity index (χ4n) is 3.60. The average Bonchev–Trinajstić information content (AvgIpc) is 3.24. The molecule has 0 atom stereocenters. The molecule has 5 rings (SSSR count). The van der Waals surface area contributed by atoms with Crippen molar-refractivity contribution in [3.63, 3.8) is 0 Å². The molecular formula is C18H18FN7O2S. The van der Waals surface area contributed by atoms with Gasteiger partial charge in [-0.2, -0.15) is 10.1 Å². The zero-order chi connectivity index (χ0) is 20.2. The minimum atomic E-state index is -3.77. The second kappa shape index (κ2) is 6.22. The van der Waals surface area contributed by atoms with E-state index in [1.165, 1.54) is 12.1 Å². The summed E-state index contributed by atoms with van der Waals surface area (Å²) in [4.78, 5) is 10.2. The van der Waals surface area contributed by atoms with Crippen LogP contribution in [0.15, 0.2) is 47.6 Å². The summed E-state index contributed by atoms with van der Waals surface area (Å²) in [6, 6.07) is 7.68. The lowest BCUT2D eigenvalue weighted by atomic mass is 10.0. The van der Waals surface area contributed by atoms with Crippen LogP contribution < -0.4 is 15.4 Å². The highest BCUT2D eigenvalue weighted by Gasteiger charge is 2.48. The Morgan fingerprint density at radius 1 is 1.14 bits per heavy atom. The van der Waals surface area contributed by atoms with Gasteiger partial charge in [0.2, 0.25) is 16.0 Å².